The van der Waals surface area contributed by atoms with Gasteiger partial charge in [0.15, 0.2) is 11.4 Å². The van der Waals surface area contributed by atoms with Crippen LogP contribution in [0.5, 0.6) is 0 Å². The van der Waals surface area contributed by atoms with Gasteiger partial charge >= 0.3 is 5.97 Å². The van der Waals surface area contributed by atoms with Crippen LogP contribution in [0.4, 0.5) is 11.4 Å². The van der Waals surface area contributed by atoms with E-state index in [2.05, 4.69) is 97.5 Å². The Morgan fingerprint density at radius 3 is 2.00 bits per heavy atom. The van der Waals surface area contributed by atoms with E-state index in [1.807, 2.05) is 65.9 Å². The second kappa shape index (κ2) is 25.9. The molecule has 2 aromatic carbocycles. The number of nitrogens with zero attached hydrogens (tertiary/aromatic N) is 12. The quantitative estimate of drug-likeness (QED) is 0.0374. The minimum absolute atomic E-state index is 0.158. The van der Waals surface area contributed by atoms with Crippen LogP contribution in [-0.4, -0.2) is 106 Å². The van der Waals surface area contributed by atoms with Crippen LogP contribution in [0.2, 0.25) is 51.4 Å². The summed E-state index contributed by atoms with van der Waals surface area (Å²) in [6.07, 6.45) is 19.4. The predicted octanol–water partition coefficient (Wildman–Crippen LogP) is 8.83. The number of carbonyl (C=O) groups excluding carboxylic acids is 1. The van der Waals surface area contributed by atoms with E-state index >= 15 is 0 Å². The fourth-order valence-corrected chi connectivity index (χ4v) is 11.0. The molecule has 0 saturated heterocycles. The summed E-state index contributed by atoms with van der Waals surface area (Å²) in [6, 6.07) is 21.3. The average molecular weight is 1100 g/mol. The predicted molar refractivity (Wildman–Crippen MR) is 304 cm³/mol. The number of anilines is 2. The Hall–Kier alpha value is -8.23. The first-order valence-electron chi connectivity index (χ1n) is 26.5. The smallest absolute Gasteiger partial charge is 0.356 e. The highest BCUT2D eigenvalue weighted by Crippen LogP contribution is 2.35. The molecule has 21 nitrogen and oxygen atoms in total. The number of aryl methyl sites for hydroxylation is 1. The van der Waals surface area contributed by atoms with Gasteiger partial charge in [-0.15, -0.1) is 0 Å². The molecular formula is C56H70N16O5Si2. The number of H-pyrrole nitrogens is 2. The van der Waals surface area contributed by atoms with Gasteiger partial charge in [-0.2, -0.15) is 41.1 Å². The zero-order valence-corrected chi connectivity index (χ0v) is 47.8. The Kier molecular flexibility index (Phi) is 18.7. The number of fused-ring (bicyclic) bond motifs is 2. The van der Waals surface area contributed by atoms with E-state index in [0.29, 0.717) is 73.7 Å². The topological polar surface area (TPSA) is 287 Å². The van der Waals surface area contributed by atoms with Crippen LogP contribution in [0.3, 0.4) is 0 Å². The number of ether oxygens (including phenoxy) is 2. The Balaban J connectivity index is 0.000000166. The van der Waals surface area contributed by atoms with Gasteiger partial charge < -0.3 is 25.6 Å². The number of carboxylic acid groups (broad SMARTS) is 1. The lowest BCUT2D eigenvalue weighted by atomic mass is 9.83. The first-order valence-corrected chi connectivity index (χ1v) is 34.0. The van der Waals surface area contributed by atoms with Crippen LogP contribution in [0.25, 0.3) is 0 Å². The number of hydrogen-bond acceptors (Lipinski definition) is 13. The molecule has 2 atom stereocenters. The molecule has 0 fully saturated rings. The maximum absolute atomic E-state index is 12.9. The normalized spacial score (nSPS) is 14.8. The van der Waals surface area contributed by atoms with Crippen molar-refractivity contribution < 1.29 is 24.2 Å². The molecule has 10 rings (SSSR count). The number of rotatable bonds is 19. The van der Waals surface area contributed by atoms with Crippen LogP contribution < -0.4 is 11.1 Å². The van der Waals surface area contributed by atoms with Crippen molar-refractivity contribution in [1.29, 1.82) is 10.5 Å². The molecule has 412 valence electrons. The van der Waals surface area contributed by atoms with Crippen molar-refractivity contribution in [2.45, 2.75) is 128 Å². The molecule has 6 N–H and O–H groups in total. The second-order valence-corrected chi connectivity index (χ2v) is 33.7. The van der Waals surface area contributed by atoms with Crippen molar-refractivity contribution in [3.63, 3.8) is 0 Å². The number of nitrogens with two attached hydrogens (primary N) is 1. The summed E-state index contributed by atoms with van der Waals surface area (Å²) in [5, 5.41) is 61.9. The fourth-order valence-electron chi connectivity index (χ4n) is 9.45. The zero-order valence-electron chi connectivity index (χ0n) is 45.8. The third kappa shape index (κ3) is 16.2. The van der Waals surface area contributed by atoms with Crippen molar-refractivity contribution in [2.24, 2.45) is 0 Å². The number of aromatic nitrogens is 12. The van der Waals surface area contributed by atoms with E-state index in [1.54, 1.807) is 51.0 Å². The SMILES string of the molecule is C[Si](C)(C)CCOCn1cc(C2CCc3c(c(C(=O)O)nn3COCC[Si](C)(C)C)C2)cn1.N#Cc1cccc(Cn2cc(N)cn2)c1.N#Cc1cccc(Cn2cc(NC(=O)c3n[nH]c4c3CC(c3cn[nH]c3)CC4)cn2)c1. The highest BCUT2D eigenvalue weighted by Gasteiger charge is 2.31. The molecule has 23 heteroatoms. The number of aromatic carboxylic acids is 1. The lowest BCUT2D eigenvalue weighted by molar-refractivity contribution is 0.0668. The number of amides is 1. The van der Waals surface area contributed by atoms with Gasteiger partial charge in [0.05, 0.1) is 72.5 Å². The molecular weight excluding hydrogens is 1030 g/mol. The first-order chi connectivity index (χ1) is 37.9. The summed E-state index contributed by atoms with van der Waals surface area (Å²) in [5.74, 6) is -0.672. The van der Waals surface area contributed by atoms with E-state index in [1.165, 1.54) is 0 Å². The van der Waals surface area contributed by atoms with Gasteiger partial charge in [0.1, 0.15) is 13.5 Å². The summed E-state index contributed by atoms with van der Waals surface area (Å²) in [5.41, 5.74) is 16.8. The number of carbonyl (C=O) groups is 2. The van der Waals surface area contributed by atoms with Gasteiger partial charge in [-0.25, -0.2) is 14.2 Å². The number of nitrogens with one attached hydrogen (secondary N) is 3. The minimum Gasteiger partial charge on any atom is -0.476 e. The van der Waals surface area contributed by atoms with Gasteiger partial charge in [0.2, 0.25) is 0 Å². The van der Waals surface area contributed by atoms with Gasteiger partial charge in [0, 0.05) is 76.7 Å². The summed E-state index contributed by atoms with van der Waals surface area (Å²) in [7, 11) is -2.27. The highest BCUT2D eigenvalue weighted by molar-refractivity contribution is 6.76. The summed E-state index contributed by atoms with van der Waals surface area (Å²) in [4.78, 5) is 24.8. The van der Waals surface area contributed by atoms with Gasteiger partial charge in [-0.1, -0.05) is 63.5 Å². The van der Waals surface area contributed by atoms with Gasteiger partial charge in [0.25, 0.3) is 5.91 Å². The molecule has 2 aliphatic carbocycles. The number of nitriles is 2. The fraction of sp³-hybridized carbons (Fsp3) is 0.393. The van der Waals surface area contributed by atoms with E-state index in [-0.39, 0.29) is 17.5 Å². The monoisotopic (exact) mass is 1100 g/mol. The third-order valence-corrected chi connectivity index (χ3v) is 17.2. The van der Waals surface area contributed by atoms with Crippen LogP contribution in [0.1, 0.15) is 102 Å². The molecule has 8 aromatic rings. The highest BCUT2D eigenvalue weighted by atomic mass is 28.3. The molecule has 6 aromatic heterocycles. The van der Waals surface area contributed by atoms with Gasteiger partial charge in [-0.3, -0.25) is 24.4 Å². The van der Waals surface area contributed by atoms with E-state index < -0.39 is 22.1 Å². The number of carboxylic acids is 1. The molecule has 2 unspecified atom stereocenters. The molecule has 0 aliphatic heterocycles. The molecule has 79 heavy (non-hydrogen) atoms. The summed E-state index contributed by atoms with van der Waals surface area (Å²) < 4.78 is 18.7. The van der Waals surface area contributed by atoms with E-state index in [9.17, 15) is 14.7 Å². The van der Waals surface area contributed by atoms with Crippen molar-refractivity contribution >= 4 is 39.4 Å². The maximum Gasteiger partial charge on any atom is 0.356 e. The van der Waals surface area contributed by atoms with Crippen molar-refractivity contribution in [3.05, 3.63) is 165 Å². The van der Waals surface area contributed by atoms with Crippen molar-refractivity contribution in [2.75, 3.05) is 24.3 Å². The van der Waals surface area contributed by atoms with Crippen LogP contribution >= 0.6 is 0 Å². The Labute approximate surface area is 461 Å². The lowest BCUT2D eigenvalue weighted by Gasteiger charge is -2.22. The number of hydrogen-bond donors (Lipinski definition) is 5. The van der Waals surface area contributed by atoms with Crippen molar-refractivity contribution in [1.82, 2.24) is 59.5 Å². The molecule has 0 saturated carbocycles. The molecule has 6 heterocycles. The third-order valence-electron chi connectivity index (χ3n) is 13.8. The lowest BCUT2D eigenvalue weighted by Crippen LogP contribution is -2.22. The number of nitrogen functional groups attached to an aromatic ring is 1. The van der Waals surface area contributed by atoms with Crippen LogP contribution in [-0.2, 0) is 61.7 Å². The van der Waals surface area contributed by atoms with Crippen molar-refractivity contribution in [3.8, 4) is 12.1 Å². The Morgan fingerprint density at radius 2 is 1.38 bits per heavy atom. The maximum atomic E-state index is 12.9. The largest absolute Gasteiger partial charge is 0.476 e. The molecule has 2 aliphatic rings. The average Bonchev–Trinajstić information content (AvgIpc) is 4.48. The molecule has 1 amide bonds. The number of aromatic amines is 2. The van der Waals surface area contributed by atoms with E-state index in [4.69, 9.17) is 25.7 Å². The van der Waals surface area contributed by atoms with Gasteiger partial charge in [-0.05, 0) is 109 Å². The molecule has 0 bridgehead atoms. The molecule has 0 radical (unpaired) electrons. The summed E-state index contributed by atoms with van der Waals surface area (Å²) >= 11 is 0. The summed E-state index contributed by atoms with van der Waals surface area (Å²) in [6.45, 7) is 17.3. The van der Waals surface area contributed by atoms with E-state index in [0.717, 1.165) is 95.6 Å². The molecule has 0 spiro atoms. The Morgan fingerprint density at radius 1 is 0.759 bits per heavy atom. The number of benzene rings is 2. The first kappa shape index (κ1) is 57.0. The Bertz CT molecular complexity index is 3400. The van der Waals surface area contributed by atoms with Crippen LogP contribution in [0.15, 0.2) is 98.1 Å². The second-order valence-electron chi connectivity index (χ2n) is 22.5. The zero-order chi connectivity index (χ0) is 56.1. The van der Waals surface area contributed by atoms with Crippen LogP contribution in [0, 0.1) is 22.7 Å². The minimum atomic E-state index is -1.16. The standard InChI is InChI=1S/C23H40N4O4Si2.C22H20N8O.C11H10N4/c1-32(2,3)11-9-30-16-26-15-19(14-24-26)18-7-8-21-20(13-18)22(23(28)29)25-27(21)17-31-10-12-33(4,5)6;23-8-14-2-1-3-15(6-14)12-30-13-18(11-26-30)27-22(31)21-19-7-16(17-9-24-25-10-17)4-5-20(19)28-29-21;12-5-9-2-1-3-10(4-9)7-15-8-11(13)6-14-15/h14-15,18H,7-13,16-17H2,1-6H3,(H,28,29);1-3,6,9-11,13,16H,4-5,7,12H2,(H,24,25)(H,27,31)(H,28,29);1-4,6,8H,7,13H2.